The van der Waals surface area contributed by atoms with E-state index in [-0.39, 0.29) is 5.91 Å². The van der Waals surface area contributed by atoms with Crippen molar-refractivity contribution in [2.75, 3.05) is 18.6 Å². The summed E-state index contributed by atoms with van der Waals surface area (Å²) in [5.41, 5.74) is 4.17. The van der Waals surface area contributed by atoms with Gasteiger partial charge in [-0.15, -0.1) is 0 Å². The van der Waals surface area contributed by atoms with Crippen LogP contribution >= 0.6 is 12.2 Å². The van der Waals surface area contributed by atoms with Crippen molar-refractivity contribution in [3.05, 3.63) is 58.8 Å². The van der Waals surface area contributed by atoms with Crippen molar-refractivity contribution in [1.82, 2.24) is 5.32 Å². The number of ether oxygens (including phenoxy) is 2. The number of amides is 1. The second-order valence-corrected chi connectivity index (χ2v) is 7.12. The molecule has 28 heavy (non-hydrogen) atoms. The van der Waals surface area contributed by atoms with Crippen molar-refractivity contribution in [3.63, 3.8) is 0 Å². The molecule has 0 unspecified atom stereocenters. The molecule has 0 bridgehead atoms. The van der Waals surface area contributed by atoms with Gasteiger partial charge in [0.2, 0.25) is 0 Å². The summed E-state index contributed by atoms with van der Waals surface area (Å²) in [6, 6.07) is 11.5. The molecule has 1 saturated heterocycles. The highest BCUT2D eigenvalue weighted by Crippen LogP contribution is 2.30. The number of methoxy groups -OCH3 is 1. The van der Waals surface area contributed by atoms with E-state index in [0.717, 1.165) is 28.8 Å². The Bertz CT molecular complexity index is 933. The monoisotopic (exact) mass is 396 g/mol. The van der Waals surface area contributed by atoms with Gasteiger partial charge in [-0.05, 0) is 79.5 Å². The molecule has 6 heteroatoms. The minimum absolute atomic E-state index is 0.180. The average Bonchev–Trinajstić information content (AvgIpc) is 2.93. The van der Waals surface area contributed by atoms with E-state index in [0.29, 0.717) is 28.9 Å². The quantitative estimate of drug-likeness (QED) is 0.581. The molecule has 0 radical (unpaired) electrons. The molecule has 0 aliphatic carbocycles. The van der Waals surface area contributed by atoms with Crippen LogP contribution in [-0.2, 0) is 4.79 Å². The Hall–Kier alpha value is -2.86. The Morgan fingerprint density at radius 2 is 1.82 bits per heavy atom. The summed E-state index contributed by atoms with van der Waals surface area (Å²) in [7, 11) is 1.60. The number of aryl methyl sites for hydroxylation is 2. The summed E-state index contributed by atoms with van der Waals surface area (Å²) in [5.74, 6) is 1.13. The molecule has 1 aliphatic heterocycles. The maximum Gasteiger partial charge on any atom is 0.281 e. The van der Waals surface area contributed by atoms with E-state index in [9.17, 15) is 4.79 Å². The van der Waals surface area contributed by atoms with Gasteiger partial charge in [-0.1, -0.05) is 19.1 Å². The highest BCUT2D eigenvalue weighted by Gasteiger charge is 2.32. The fourth-order valence-corrected chi connectivity index (χ4v) is 3.42. The summed E-state index contributed by atoms with van der Waals surface area (Å²) < 4.78 is 11.1. The third kappa shape index (κ3) is 4.17. The number of carbonyl (C=O) groups excluding carboxylic acids is 1. The zero-order chi connectivity index (χ0) is 20.3. The molecule has 0 saturated carbocycles. The Labute approximate surface area is 170 Å². The van der Waals surface area contributed by atoms with Gasteiger partial charge in [0.05, 0.1) is 19.4 Å². The van der Waals surface area contributed by atoms with Crippen LogP contribution in [-0.4, -0.2) is 24.7 Å². The van der Waals surface area contributed by atoms with Gasteiger partial charge in [0.15, 0.2) is 16.6 Å². The van der Waals surface area contributed by atoms with E-state index < -0.39 is 0 Å². The molecule has 1 aliphatic rings. The molecule has 146 valence electrons. The van der Waals surface area contributed by atoms with Gasteiger partial charge < -0.3 is 14.8 Å². The molecule has 1 fully saturated rings. The van der Waals surface area contributed by atoms with E-state index >= 15 is 0 Å². The number of anilines is 1. The summed E-state index contributed by atoms with van der Waals surface area (Å²) in [4.78, 5) is 14.5. The van der Waals surface area contributed by atoms with Crippen LogP contribution in [0.25, 0.3) is 6.08 Å². The van der Waals surface area contributed by atoms with Gasteiger partial charge in [-0.3, -0.25) is 9.69 Å². The van der Waals surface area contributed by atoms with Crippen molar-refractivity contribution < 1.29 is 14.3 Å². The number of rotatable bonds is 6. The first-order chi connectivity index (χ1) is 13.4. The topological polar surface area (TPSA) is 50.8 Å². The molecule has 0 atom stereocenters. The summed E-state index contributed by atoms with van der Waals surface area (Å²) in [6.07, 6.45) is 2.68. The number of hydrogen-bond acceptors (Lipinski definition) is 4. The Kier molecular flexibility index (Phi) is 5.99. The number of nitrogens with zero attached hydrogens (tertiary/aromatic N) is 1. The van der Waals surface area contributed by atoms with Crippen molar-refractivity contribution >= 4 is 35.0 Å². The molecular weight excluding hydrogens is 372 g/mol. The third-order valence-electron chi connectivity index (χ3n) is 4.30. The SMILES string of the molecule is CCCOc1ccc(/C=C2\NC(=S)N(c3cc(C)cc(C)c3)C2=O)cc1OC. The Morgan fingerprint density at radius 3 is 2.46 bits per heavy atom. The molecular formula is C22H24N2O3S. The normalized spacial score (nSPS) is 15.1. The lowest BCUT2D eigenvalue weighted by molar-refractivity contribution is -0.113. The van der Waals surface area contributed by atoms with Crippen LogP contribution in [0, 0.1) is 13.8 Å². The van der Waals surface area contributed by atoms with Gasteiger partial charge in [-0.25, -0.2) is 0 Å². The minimum atomic E-state index is -0.180. The smallest absolute Gasteiger partial charge is 0.281 e. The molecule has 1 heterocycles. The molecule has 0 aromatic heterocycles. The van der Waals surface area contributed by atoms with Crippen LogP contribution in [0.5, 0.6) is 11.5 Å². The molecule has 2 aromatic carbocycles. The first-order valence-corrected chi connectivity index (χ1v) is 9.60. The maximum absolute atomic E-state index is 13.0. The van der Waals surface area contributed by atoms with Crippen LogP contribution in [0.4, 0.5) is 5.69 Å². The zero-order valence-corrected chi connectivity index (χ0v) is 17.4. The Balaban J connectivity index is 1.89. The van der Waals surface area contributed by atoms with Crippen LogP contribution < -0.4 is 19.7 Å². The lowest BCUT2D eigenvalue weighted by atomic mass is 10.1. The van der Waals surface area contributed by atoms with Gasteiger partial charge in [0, 0.05) is 0 Å². The lowest BCUT2D eigenvalue weighted by Gasteiger charge is -2.15. The van der Waals surface area contributed by atoms with E-state index in [1.54, 1.807) is 13.2 Å². The largest absolute Gasteiger partial charge is 0.493 e. The van der Waals surface area contributed by atoms with E-state index in [1.165, 1.54) is 4.90 Å². The van der Waals surface area contributed by atoms with Crippen LogP contribution in [0.3, 0.4) is 0 Å². The van der Waals surface area contributed by atoms with Gasteiger partial charge in [-0.2, -0.15) is 0 Å². The third-order valence-corrected chi connectivity index (χ3v) is 4.59. The predicted molar refractivity (Wildman–Crippen MR) is 116 cm³/mol. The summed E-state index contributed by atoms with van der Waals surface area (Å²) in [6.45, 7) is 6.67. The van der Waals surface area contributed by atoms with E-state index in [4.69, 9.17) is 21.7 Å². The van der Waals surface area contributed by atoms with E-state index in [2.05, 4.69) is 11.4 Å². The molecule has 5 nitrogen and oxygen atoms in total. The highest BCUT2D eigenvalue weighted by atomic mass is 32.1. The number of carbonyl (C=O) groups is 1. The first-order valence-electron chi connectivity index (χ1n) is 9.19. The molecule has 3 rings (SSSR count). The van der Waals surface area contributed by atoms with Crippen molar-refractivity contribution in [2.24, 2.45) is 0 Å². The molecule has 1 amide bonds. The minimum Gasteiger partial charge on any atom is -0.493 e. The second kappa shape index (κ2) is 8.44. The van der Waals surface area contributed by atoms with Gasteiger partial charge in [0.1, 0.15) is 5.70 Å². The van der Waals surface area contributed by atoms with Crippen molar-refractivity contribution in [3.8, 4) is 11.5 Å². The molecule has 0 spiro atoms. The fraction of sp³-hybridized carbons (Fsp3) is 0.273. The highest BCUT2D eigenvalue weighted by molar-refractivity contribution is 7.80. The van der Waals surface area contributed by atoms with Crippen LogP contribution in [0.1, 0.15) is 30.0 Å². The average molecular weight is 397 g/mol. The second-order valence-electron chi connectivity index (χ2n) is 6.73. The Morgan fingerprint density at radius 1 is 1.11 bits per heavy atom. The van der Waals surface area contributed by atoms with Crippen LogP contribution in [0.15, 0.2) is 42.1 Å². The lowest BCUT2D eigenvalue weighted by Crippen LogP contribution is -2.30. The van der Waals surface area contributed by atoms with E-state index in [1.807, 2.05) is 51.1 Å². The van der Waals surface area contributed by atoms with Crippen LogP contribution in [0.2, 0.25) is 0 Å². The molecule has 1 N–H and O–H groups in total. The number of thiocarbonyl (C=S) groups is 1. The van der Waals surface area contributed by atoms with Crippen molar-refractivity contribution in [2.45, 2.75) is 27.2 Å². The summed E-state index contributed by atoms with van der Waals surface area (Å²) >= 11 is 5.41. The standard InChI is InChI=1S/C22H24N2O3S/c1-5-8-27-19-7-6-16(13-20(19)26-4)12-18-21(25)24(22(28)23-18)17-10-14(2)9-15(3)11-17/h6-7,9-13H,5,8H2,1-4H3,(H,23,28)/b18-12-. The number of nitrogens with one attached hydrogen (secondary N) is 1. The first kappa shape index (κ1) is 19.9. The number of benzene rings is 2. The zero-order valence-electron chi connectivity index (χ0n) is 16.5. The molecule has 2 aromatic rings. The summed E-state index contributed by atoms with van der Waals surface area (Å²) in [5, 5.41) is 3.39. The fourth-order valence-electron chi connectivity index (χ4n) is 3.12. The predicted octanol–water partition coefficient (Wildman–Crippen LogP) is 4.36. The van der Waals surface area contributed by atoms with Gasteiger partial charge in [0.25, 0.3) is 5.91 Å². The van der Waals surface area contributed by atoms with Gasteiger partial charge >= 0.3 is 0 Å². The number of hydrogen-bond donors (Lipinski definition) is 1. The van der Waals surface area contributed by atoms with Crippen molar-refractivity contribution in [1.29, 1.82) is 0 Å². The maximum atomic E-state index is 13.0.